The van der Waals surface area contributed by atoms with E-state index >= 15 is 0 Å². The van der Waals surface area contributed by atoms with Crippen LogP contribution >= 0.6 is 11.3 Å². The van der Waals surface area contributed by atoms with Crippen LogP contribution in [0, 0.1) is 11.7 Å². The molecule has 0 amide bonds. The summed E-state index contributed by atoms with van der Waals surface area (Å²) in [7, 11) is 0. The van der Waals surface area contributed by atoms with Gasteiger partial charge in [0, 0.05) is 36.4 Å². The maximum atomic E-state index is 13.6. The lowest BCUT2D eigenvalue weighted by atomic mass is 9.86. The molecule has 1 N–H and O–H groups in total. The first-order valence-electron chi connectivity index (χ1n) is 9.43. The van der Waals surface area contributed by atoms with Crippen LogP contribution in [0.5, 0.6) is 0 Å². The first-order chi connectivity index (χ1) is 13.3. The van der Waals surface area contributed by atoms with Crippen molar-refractivity contribution in [2.45, 2.75) is 25.4 Å². The summed E-state index contributed by atoms with van der Waals surface area (Å²) in [4.78, 5) is 6.93. The molecule has 0 aliphatic carbocycles. The van der Waals surface area contributed by atoms with Crippen molar-refractivity contribution in [1.29, 1.82) is 0 Å². The summed E-state index contributed by atoms with van der Waals surface area (Å²) < 4.78 is 13.6. The van der Waals surface area contributed by atoms with Crippen LogP contribution in [0.3, 0.4) is 0 Å². The predicted molar refractivity (Wildman–Crippen MR) is 109 cm³/mol. The Morgan fingerprint density at radius 1 is 1.15 bits per heavy atom. The number of rotatable bonds is 6. The van der Waals surface area contributed by atoms with E-state index in [1.807, 2.05) is 17.6 Å². The summed E-state index contributed by atoms with van der Waals surface area (Å²) in [5.74, 6) is 0.269. The maximum Gasteiger partial charge on any atom is 0.125 e. The van der Waals surface area contributed by atoms with E-state index in [1.54, 1.807) is 23.5 Å². The summed E-state index contributed by atoms with van der Waals surface area (Å²) >= 11 is 1.72. The second-order valence-electron chi connectivity index (χ2n) is 7.16. The van der Waals surface area contributed by atoms with Gasteiger partial charge in [0.05, 0.1) is 6.54 Å². The lowest BCUT2D eigenvalue weighted by Crippen LogP contribution is -2.46. The Balaban J connectivity index is 1.48. The minimum atomic E-state index is -0.194. The molecule has 0 saturated carbocycles. The number of piperidine rings is 1. The van der Waals surface area contributed by atoms with Crippen LogP contribution in [0.4, 0.5) is 10.1 Å². The fourth-order valence-corrected chi connectivity index (χ4v) is 4.54. The quantitative estimate of drug-likeness (QED) is 0.663. The monoisotopic (exact) mass is 381 g/mol. The highest BCUT2D eigenvalue weighted by Crippen LogP contribution is 2.26. The first-order valence-corrected chi connectivity index (χ1v) is 10.3. The standard InChI is InChI=1S/C22H24FN3S/c23-19-7-4-8-20(14-19)25-21-9-11-26(16-22-24-10-12-27-22)15-18(21)13-17-5-2-1-3-6-17/h1-8,10,12,14,18,21,25H,9,11,13,15-16H2/t18-,21+/m0/s1. The molecule has 5 heteroatoms. The van der Waals surface area contributed by atoms with Gasteiger partial charge in [-0.25, -0.2) is 9.37 Å². The van der Waals surface area contributed by atoms with Crippen LogP contribution in [0.25, 0.3) is 0 Å². The van der Waals surface area contributed by atoms with Crippen molar-refractivity contribution in [2.75, 3.05) is 18.4 Å². The van der Waals surface area contributed by atoms with E-state index in [0.717, 1.165) is 38.2 Å². The van der Waals surface area contributed by atoms with Crippen LogP contribution in [0.2, 0.25) is 0 Å². The first kappa shape index (κ1) is 18.1. The molecule has 2 heterocycles. The van der Waals surface area contributed by atoms with Crippen molar-refractivity contribution < 1.29 is 4.39 Å². The number of hydrogen-bond donors (Lipinski definition) is 1. The fourth-order valence-electron chi connectivity index (χ4n) is 3.88. The third-order valence-corrected chi connectivity index (χ3v) is 5.94. The maximum absolute atomic E-state index is 13.6. The van der Waals surface area contributed by atoms with E-state index in [4.69, 9.17) is 0 Å². The molecule has 4 rings (SSSR count). The number of thiazole rings is 1. The van der Waals surface area contributed by atoms with Gasteiger partial charge in [-0.3, -0.25) is 4.90 Å². The molecule has 3 aromatic rings. The lowest BCUT2D eigenvalue weighted by molar-refractivity contribution is 0.154. The third-order valence-electron chi connectivity index (χ3n) is 5.18. The summed E-state index contributed by atoms with van der Waals surface area (Å²) in [5, 5.41) is 6.80. The lowest BCUT2D eigenvalue weighted by Gasteiger charge is -2.39. The van der Waals surface area contributed by atoms with Crippen molar-refractivity contribution in [3.05, 3.63) is 82.6 Å². The van der Waals surface area contributed by atoms with Gasteiger partial charge < -0.3 is 5.32 Å². The number of halogens is 1. The van der Waals surface area contributed by atoms with Crippen LogP contribution in [0.1, 0.15) is 17.0 Å². The third kappa shape index (κ3) is 4.93. The zero-order chi connectivity index (χ0) is 18.5. The largest absolute Gasteiger partial charge is 0.382 e. The summed E-state index contributed by atoms with van der Waals surface area (Å²) in [6.07, 6.45) is 3.93. The molecule has 1 saturated heterocycles. The minimum absolute atomic E-state index is 0.194. The zero-order valence-electron chi connectivity index (χ0n) is 15.2. The van der Waals surface area contributed by atoms with E-state index in [1.165, 1.54) is 16.6 Å². The molecular formula is C22H24FN3S. The van der Waals surface area contributed by atoms with E-state index < -0.39 is 0 Å². The van der Waals surface area contributed by atoms with Crippen molar-refractivity contribution in [3.8, 4) is 0 Å². The molecule has 140 valence electrons. The van der Waals surface area contributed by atoms with Gasteiger partial charge in [-0.2, -0.15) is 0 Å². The van der Waals surface area contributed by atoms with Crippen LogP contribution in [-0.4, -0.2) is 29.0 Å². The Morgan fingerprint density at radius 3 is 2.81 bits per heavy atom. The van der Waals surface area contributed by atoms with Crippen molar-refractivity contribution in [2.24, 2.45) is 5.92 Å². The predicted octanol–water partition coefficient (Wildman–Crippen LogP) is 4.83. The molecule has 1 aliphatic rings. The second kappa shape index (κ2) is 8.63. The highest BCUT2D eigenvalue weighted by molar-refractivity contribution is 7.09. The summed E-state index contributed by atoms with van der Waals surface area (Å²) in [6.45, 7) is 2.95. The average Bonchev–Trinajstić information content (AvgIpc) is 3.18. The van der Waals surface area contributed by atoms with Gasteiger partial charge in [0.1, 0.15) is 10.8 Å². The van der Waals surface area contributed by atoms with Gasteiger partial charge >= 0.3 is 0 Å². The summed E-state index contributed by atoms with van der Waals surface area (Å²) in [6, 6.07) is 17.8. The highest BCUT2D eigenvalue weighted by Gasteiger charge is 2.29. The minimum Gasteiger partial charge on any atom is -0.382 e. The van der Waals surface area contributed by atoms with Gasteiger partial charge in [0.15, 0.2) is 0 Å². The van der Waals surface area contributed by atoms with Gasteiger partial charge in [-0.15, -0.1) is 11.3 Å². The van der Waals surface area contributed by atoms with Crippen molar-refractivity contribution in [1.82, 2.24) is 9.88 Å². The Morgan fingerprint density at radius 2 is 2.04 bits per heavy atom. The van der Waals surface area contributed by atoms with Gasteiger partial charge in [-0.05, 0) is 42.5 Å². The van der Waals surface area contributed by atoms with Gasteiger partial charge in [-0.1, -0.05) is 36.4 Å². The zero-order valence-corrected chi connectivity index (χ0v) is 16.0. The molecule has 0 radical (unpaired) electrons. The number of aromatic nitrogens is 1. The van der Waals surface area contributed by atoms with Gasteiger partial charge in [0.2, 0.25) is 0 Å². The molecular weight excluding hydrogens is 357 g/mol. The fraction of sp³-hybridized carbons (Fsp3) is 0.318. The number of benzene rings is 2. The number of likely N-dealkylation sites (tertiary alicyclic amines) is 1. The van der Waals surface area contributed by atoms with Crippen molar-refractivity contribution in [3.63, 3.8) is 0 Å². The molecule has 1 fully saturated rings. The molecule has 0 spiro atoms. The van der Waals surface area contributed by atoms with E-state index in [9.17, 15) is 4.39 Å². The molecule has 0 bridgehead atoms. The van der Waals surface area contributed by atoms with Crippen LogP contribution in [0.15, 0.2) is 66.2 Å². The van der Waals surface area contributed by atoms with Crippen molar-refractivity contribution >= 4 is 17.0 Å². The van der Waals surface area contributed by atoms with Crippen LogP contribution in [-0.2, 0) is 13.0 Å². The molecule has 1 aliphatic heterocycles. The smallest absolute Gasteiger partial charge is 0.125 e. The van der Waals surface area contributed by atoms with Gasteiger partial charge in [0.25, 0.3) is 0 Å². The number of nitrogens with zero attached hydrogens (tertiary/aromatic N) is 2. The number of hydrogen-bond acceptors (Lipinski definition) is 4. The second-order valence-corrected chi connectivity index (χ2v) is 8.14. The average molecular weight is 382 g/mol. The normalized spacial score (nSPS) is 20.5. The summed E-state index contributed by atoms with van der Waals surface area (Å²) in [5.41, 5.74) is 2.22. The SMILES string of the molecule is Fc1cccc(N[C@@H]2CCN(Cc3nccs3)C[C@@H]2Cc2ccccc2)c1. The molecule has 1 aromatic heterocycles. The number of nitrogens with one attached hydrogen (secondary N) is 1. The Labute approximate surface area is 163 Å². The molecule has 2 aromatic carbocycles. The topological polar surface area (TPSA) is 28.2 Å². The van der Waals surface area contributed by atoms with E-state index in [0.29, 0.717) is 12.0 Å². The van der Waals surface area contributed by atoms with E-state index in [2.05, 4.69) is 45.5 Å². The Hall–Kier alpha value is -2.24. The van der Waals surface area contributed by atoms with E-state index in [-0.39, 0.29) is 5.82 Å². The Bertz CT molecular complexity index is 838. The number of anilines is 1. The molecule has 27 heavy (non-hydrogen) atoms. The molecule has 3 nitrogen and oxygen atoms in total. The molecule has 2 atom stereocenters. The highest BCUT2D eigenvalue weighted by atomic mass is 32.1. The Kier molecular flexibility index (Phi) is 5.80. The van der Waals surface area contributed by atoms with Crippen LogP contribution < -0.4 is 5.32 Å². The molecule has 0 unspecified atom stereocenters.